The van der Waals surface area contributed by atoms with Gasteiger partial charge in [-0.05, 0) is 30.0 Å². The number of carboxylic acid groups (broad SMARTS) is 1. The summed E-state index contributed by atoms with van der Waals surface area (Å²) in [6.07, 6.45) is 3.78. The Morgan fingerprint density at radius 2 is 2.32 bits per heavy atom. The summed E-state index contributed by atoms with van der Waals surface area (Å²) in [7, 11) is 0. The van der Waals surface area contributed by atoms with Gasteiger partial charge in [-0.15, -0.1) is 11.3 Å². The summed E-state index contributed by atoms with van der Waals surface area (Å²) in [5, 5.41) is 21.9. The van der Waals surface area contributed by atoms with Crippen molar-refractivity contribution >= 4 is 28.3 Å². The topological polar surface area (TPSA) is 106 Å². The standard InChI is InChI=1S/C17H16N4O3S/c18-8-13-12-5-7-21(17(23)24)10-14(12)25-16(13)20-15(22)4-3-11-2-1-6-19-9-11/h1-2,6,9H,3-5,7,10H2,(H,20,22)(H,23,24). The second-order valence-corrected chi connectivity index (χ2v) is 6.79. The molecule has 1 aliphatic heterocycles. The van der Waals surface area contributed by atoms with Gasteiger partial charge in [-0.2, -0.15) is 5.26 Å². The van der Waals surface area contributed by atoms with Crippen molar-refractivity contribution in [1.29, 1.82) is 5.26 Å². The van der Waals surface area contributed by atoms with Crippen molar-refractivity contribution in [3.63, 3.8) is 0 Å². The van der Waals surface area contributed by atoms with Crippen LogP contribution in [0.3, 0.4) is 0 Å². The molecule has 2 N–H and O–H groups in total. The van der Waals surface area contributed by atoms with Crippen molar-refractivity contribution in [2.24, 2.45) is 0 Å². The number of anilines is 1. The number of amides is 2. The van der Waals surface area contributed by atoms with Gasteiger partial charge in [-0.3, -0.25) is 9.78 Å². The first kappa shape index (κ1) is 16.9. The van der Waals surface area contributed by atoms with Crippen LogP contribution in [0.25, 0.3) is 0 Å². The molecule has 3 heterocycles. The van der Waals surface area contributed by atoms with Crippen molar-refractivity contribution in [3.8, 4) is 6.07 Å². The highest BCUT2D eigenvalue weighted by atomic mass is 32.1. The van der Waals surface area contributed by atoms with Gasteiger partial charge in [0.25, 0.3) is 0 Å². The molecule has 1 aliphatic rings. The quantitative estimate of drug-likeness (QED) is 0.876. The summed E-state index contributed by atoms with van der Waals surface area (Å²) in [6.45, 7) is 0.623. The number of aromatic nitrogens is 1. The van der Waals surface area contributed by atoms with Gasteiger partial charge < -0.3 is 15.3 Å². The van der Waals surface area contributed by atoms with E-state index in [4.69, 9.17) is 5.11 Å². The van der Waals surface area contributed by atoms with Gasteiger partial charge in [0.15, 0.2) is 0 Å². The third kappa shape index (κ3) is 3.78. The van der Waals surface area contributed by atoms with Gasteiger partial charge in [-0.25, -0.2) is 4.79 Å². The Morgan fingerprint density at radius 3 is 3.00 bits per heavy atom. The van der Waals surface area contributed by atoms with E-state index >= 15 is 0 Å². The molecule has 25 heavy (non-hydrogen) atoms. The number of hydrogen-bond acceptors (Lipinski definition) is 5. The van der Waals surface area contributed by atoms with Crippen LogP contribution < -0.4 is 5.32 Å². The molecule has 0 spiro atoms. The van der Waals surface area contributed by atoms with Crippen LogP contribution in [0.15, 0.2) is 24.5 Å². The minimum atomic E-state index is -0.973. The van der Waals surface area contributed by atoms with E-state index < -0.39 is 6.09 Å². The molecule has 2 aromatic rings. The summed E-state index contributed by atoms with van der Waals surface area (Å²) >= 11 is 1.29. The maximum atomic E-state index is 12.2. The molecule has 128 valence electrons. The van der Waals surface area contributed by atoms with Gasteiger partial charge in [0.2, 0.25) is 5.91 Å². The van der Waals surface area contributed by atoms with Gasteiger partial charge in [0.1, 0.15) is 11.1 Å². The highest BCUT2D eigenvalue weighted by molar-refractivity contribution is 7.16. The van der Waals surface area contributed by atoms with E-state index in [1.54, 1.807) is 12.4 Å². The number of rotatable bonds is 4. The van der Waals surface area contributed by atoms with Crippen molar-refractivity contribution in [3.05, 3.63) is 46.1 Å². The normalized spacial score (nSPS) is 13.0. The number of nitrogens with one attached hydrogen (secondary N) is 1. The number of aryl methyl sites for hydroxylation is 1. The second kappa shape index (κ2) is 7.32. The molecule has 0 atom stereocenters. The zero-order valence-electron chi connectivity index (χ0n) is 13.4. The summed E-state index contributed by atoms with van der Waals surface area (Å²) in [6, 6.07) is 5.88. The lowest BCUT2D eigenvalue weighted by molar-refractivity contribution is -0.116. The monoisotopic (exact) mass is 356 g/mol. The number of nitriles is 1. The molecular weight excluding hydrogens is 340 g/mol. The molecule has 0 saturated carbocycles. The maximum absolute atomic E-state index is 12.2. The van der Waals surface area contributed by atoms with E-state index in [-0.39, 0.29) is 12.5 Å². The minimum absolute atomic E-state index is 0.172. The number of carbonyl (C=O) groups is 2. The number of carbonyl (C=O) groups excluding carboxylic acids is 1. The highest BCUT2D eigenvalue weighted by Crippen LogP contribution is 2.36. The summed E-state index contributed by atoms with van der Waals surface area (Å²) in [5.74, 6) is -0.172. The Kier molecular flexibility index (Phi) is 4.95. The van der Waals surface area contributed by atoms with Crippen molar-refractivity contribution in [2.75, 3.05) is 11.9 Å². The van der Waals surface area contributed by atoms with E-state index in [1.807, 2.05) is 12.1 Å². The minimum Gasteiger partial charge on any atom is -0.465 e. The maximum Gasteiger partial charge on any atom is 0.407 e. The predicted octanol–water partition coefficient (Wildman–Crippen LogP) is 2.62. The molecule has 0 unspecified atom stereocenters. The first-order chi connectivity index (χ1) is 12.1. The Hall–Kier alpha value is -2.92. The van der Waals surface area contributed by atoms with Crippen LogP contribution in [0.2, 0.25) is 0 Å². The Labute approximate surface area is 148 Å². The SMILES string of the molecule is N#Cc1c(NC(=O)CCc2cccnc2)sc2c1CCN(C(=O)O)C2. The zero-order valence-corrected chi connectivity index (χ0v) is 14.2. The van der Waals surface area contributed by atoms with Crippen LogP contribution in [0.1, 0.15) is 28.0 Å². The fraction of sp³-hybridized carbons (Fsp3) is 0.294. The largest absolute Gasteiger partial charge is 0.465 e. The molecule has 0 aromatic carbocycles. The average molecular weight is 356 g/mol. The molecule has 7 nitrogen and oxygen atoms in total. The summed E-state index contributed by atoms with van der Waals surface area (Å²) in [5.41, 5.74) is 2.29. The van der Waals surface area contributed by atoms with E-state index in [1.165, 1.54) is 16.2 Å². The van der Waals surface area contributed by atoms with Crippen molar-refractivity contribution in [1.82, 2.24) is 9.88 Å². The van der Waals surface area contributed by atoms with Crippen LogP contribution in [0.5, 0.6) is 0 Å². The van der Waals surface area contributed by atoms with Crippen molar-refractivity contribution < 1.29 is 14.7 Å². The molecular formula is C17H16N4O3S. The van der Waals surface area contributed by atoms with E-state index in [2.05, 4.69) is 16.4 Å². The lowest BCUT2D eigenvalue weighted by Crippen LogP contribution is -2.34. The van der Waals surface area contributed by atoms with Crippen LogP contribution in [-0.4, -0.2) is 33.5 Å². The third-order valence-electron chi connectivity index (χ3n) is 4.06. The zero-order chi connectivity index (χ0) is 17.8. The molecule has 0 aliphatic carbocycles. The van der Waals surface area contributed by atoms with Gasteiger partial charge in [0.05, 0.1) is 12.1 Å². The Balaban J connectivity index is 1.69. The number of thiophene rings is 1. The average Bonchev–Trinajstić information content (AvgIpc) is 2.96. The number of fused-ring (bicyclic) bond motifs is 1. The van der Waals surface area contributed by atoms with Crippen LogP contribution in [-0.2, 0) is 24.2 Å². The Bertz CT molecular complexity index is 842. The lowest BCUT2D eigenvalue weighted by atomic mass is 10.0. The number of hydrogen-bond donors (Lipinski definition) is 2. The van der Waals surface area contributed by atoms with Gasteiger partial charge in [0, 0.05) is 30.2 Å². The fourth-order valence-corrected chi connectivity index (χ4v) is 4.00. The molecule has 2 amide bonds. The molecule has 0 bridgehead atoms. The first-order valence-electron chi connectivity index (χ1n) is 7.79. The molecule has 2 aromatic heterocycles. The molecule has 0 saturated heterocycles. The van der Waals surface area contributed by atoms with Crippen LogP contribution in [0, 0.1) is 11.3 Å². The Morgan fingerprint density at radius 1 is 1.48 bits per heavy atom. The fourth-order valence-electron chi connectivity index (χ4n) is 2.77. The second-order valence-electron chi connectivity index (χ2n) is 5.68. The van der Waals surface area contributed by atoms with E-state index in [9.17, 15) is 14.9 Å². The van der Waals surface area contributed by atoms with E-state index in [0.717, 1.165) is 16.0 Å². The van der Waals surface area contributed by atoms with Crippen LogP contribution in [0.4, 0.5) is 9.80 Å². The molecule has 3 rings (SSSR count). The van der Waals surface area contributed by atoms with Crippen LogP contribution >= 0.6 is 11.3 Å². The highest BCUT2D eigenvalue weighted by Gasteiger charge is 2.27. The van der Waals surface area contributed by atoms with Gasteiger partial charge in [-0.1, -0.05) is 6.07 Å². The summed E-state index contributed by atoms with van der Waals surface area (Å²) in [4.78, 5) is 29.5. The third-order valence-corrected chi connectivity index (χ3v) is 5.19. The lowest BCUT2D eigenvalue weighted by Gasteiger charge is -2.23. The molecule has 0 fully saturated rings. The predicted molar refractivity (Wildman–Crippen MR) is 92.4 cm³/mol. The number of pyridine rings is 1. The number of nitrogens with zero attached hydrogens (tertiary/aromatic N) is 3. The summed E-state index contributed by atoms with van der Waals surface area (Å²) < 4.78 is 0. The van der Waals surface area contributed by atoms with Crippen molar-refractivity contribution in [2.45, 2.75) is 25.8 Å². The molecule has 0 radical (unpaired) electrons. The smallest absolute Gasteiger partial charge is 0.407 e. The van der Waals surface area contributed by atoms with E-state index in [0.29, 0.717) is 36.4 Å². The van der Waals surface area contributed by atoms with Gasteiger partial charge >= 0.3 is 6.09 Å². The molecule has 8 heteroatoms. The first-order valence-corrected chi connectivity index (χ1v) is 8.61.